The SMILES string of the molecule is Cl.Cl.O=C(NCC1(F)CCNCC1)c1cnc2c(c1)ncn2-c1ccccc1. The Kier molecular flexibility index (Phi) is 7.35. The highest BCUT2D eigenvalue weighted by molar-refractivity contribution is 5.96. The van der Waals surface area contributed by atoms with Crippen molar-refractivity contribution in [1.29, 1.82) is 0 Å². The third-order valence-corrected chi connectivity index (χ3v) is 4.75. The van der Waals surface area contributed by atoms with E-state index in [2.05, 4.69) is 20.6 Å². The molecule has 150 valence electrons. The van der Waals surface area contributed by atoms with Gasteiger partial charge in [-0.3, -0.25) is 9.36 Å². The first kappa shape index (κ1) is 22.1. The summed E-state index contributed by atoms with van der Waals surface area (Å²) in [4.78, 5) is 21.1. The number of benzene rings is 1. The van der Waals surface area contributed by atoms with E-state index in [4.69, 9.17) is 0 Å². The van der Waals surface area contributed by atoms with E-state index in [1.807, 2.05) is 34.9 Å². The minimum Gasteiger partial charge on any atom is -0.349 e. The fourth-order valence-corrected chi connectivity index (χ4v) is 3.20. The number of alkyl halides is 1. The van der Waals surface area contributed by atoms with Crippen LogP contribution in [0.25, 0.3) is 16.9 Å². The molecule has 1 amide bonds. The van der Waals surface area contributed by atoms with Crippen LogP contribution in [0.5, 0.6) is 0 Å². The second-order valence-corrected chi connectivity index (χ2v) is 6.60. The van der Waals surface area contributed by atoms with Gasteiger partial charge in [0, 0.05) is 11.9 Å². The van der Waals surface area contributed by atoms with Gasteiger partial charge in [-0.2, -0.15) is 0 Å². The third-order valence-electron chi connectivity index (χ3n) is 4.75. The van der Waals surface area contributed by atoms with Crippen LogP contribution in [0.15, 0.2) is 48.9 Å². The quantitative estimate of drug-likeness (QED) is 0.673. The normalized spacial score (nSPS) is 15.3. The smallest absolute Gasteiger partial charge is 0.253 e. The van der Waals surface area contributed by atoms with Gasteiger partial charge >= 0.3 is 0 Å². The molecule has 1 aromatic carbocycles. The largest absolute Gasteiger partial charge is 0.349 e. The first-order chi connectivity index (χ1) is 12.6. The molecule has 1 saturated heterocycles. The first-order valence-electron chi connectivity index (χ1n) is 8.71. The number of nitrogens with zero attached hydrogens (tertiary/aromatic N) is 3. The molecule has 0 radical (unpaired) electrons. The van der Waals surface area contributed by atoms with E-state index in [1.54, 1.807) is 12.4 Å². The molecule has 3 aromatic rings. The van der Waals surface area contributed by atoms with E-state index in [-0.39, 0.29) is 37.3 Å². The Labute approximate surface area is 174 Å². The topological polar surface area (TPSA) is 71.8 Å². The van der Waals surface area contributed by atoms with Gasteiger partial charge in [-0.25, -0.2) is 14.4 Å². The van der Waals surface area contributed by atoms with Crippen molar-refractivity contribution in [2.24, 2.45) is 0 Å². The number of halogens is 3. The molecule has 0 atom stereocenters. The van der Waals surface area contributed by atoms with Gasteiger partial charge in [-0.05, 0) is 44.1 Å². The lowest BCUT2D eigenvalue weighted by Gasteiger charge is -2.30. The Morgan fingerprint density at radius 1 is 1.18 bits per heavy atom. The molecule has 0 saturated carbocycles. The zero-order valence-electron chi connectivity index (χ0n) is 15.1. The van der Waals surface area contributed by atoms with Gasteiger partial charge in [-0.1, -0.05) is 18.2 Å². The van der Waals surface area contributed by atoms with Gasteiger partial charge in [0.15, 0.2) is 5.65 Å². The number of aromatic nitrogens is 3. The van der Waals surface area contributed by atoms with Gasteiger partial charge in [0.25, 0.3) is 5.91 Å². The molecule has 0 unspecified atom stereocenters. The van der Waals surface area contributed by atoms with Crippen LogP contribution in [-0.4, -0.2) is 45.7 Å². The maximum absolute atomic E-state index is 14.6. The minimum absolute atomic E-state index is 0. The number of imidazole rings is 1. The molecular weight excluding hydrogens is 404 g/mol. The van der Waals surface area contributed by atoms with Crippen LogP contribution < -0.4 is 10.6 Å². The van der Waals surface area contributed by atoms with Crippen LogP contribution in [0, 0.1) is 0 Å². The lowest BCUT2D eigenvalue weighted by molar-refractivity contribution is 0.0837. The van der Waals surface area contributed by atoms with Crippen LogP contribution in [0.3, 0.4) is 0 Å². The lowest BCUT2D eigenvalue weighted by atomic mass is 9.94. The van der Waals surface area contributed by atoms with Crippen LogP contribution in [-0.2, 0) is 0 Å². The number of piperidine rings is 1. The number of amides is 1. The van der Waals surface area contributed by atoms with Crippen molar-refractivity contribution in [1.82, 2.24) is 25.2 Å². The summed E-state index contributed by atoms with van der Waals surface area (Å²) in [5, 5.41) is 5.82. The highest BCUT2D eigenvalue weighted by Crippen LogP contribution is 2.22. The molecular formula is C19H22Cl2FN5O. The average molecular weight is 426 g/mol. The number of fused-ring (bicyclic) bond motifs is 1. The maximum atomic E-state index is 14.6. The summed E-state index contributed by atoms with van der Waals surface area (Å²) in [5.74, 6) is -0.329. The van der Waals surface area contributed by atoms with Gasteiger partial charge in [-0.15, -0.1) is 24.8 Å². The Balaban J connectivity index is 0.00000140. The summed E-state index contributed by atoms with van der Waals surface area (Å²) < 4.78 is 16.5. The number of para-hydroxylation sites is 1. The first-order valence-corrected chi connectivity index (χ1v) is 8.71. The summed E-state index contributed by atoms with van der Waals surface area (Å²) in [6.45, 7) is 1.29. The summed E-state index contributed by atoms with van der Waals surface area (Å²) in [7, 11) is 0. The molecule has 1 aliphatic heterocycles. The van der Waals surface area contributed by atoms with E-state index in [9.17, 15) is 9.18 Å². The molecule has 28 heavy (non-hydrogen) atoms. The number of hydrogen-bond acceptors (Lipinski definition) is 4. The van der Waals surface area contributed by atoms with Crippen LogP contribution in [0.4, 0.5) is 4.39 Å². The van der Waals surface area contributed by atoms with Crippen LogP contribution >= 0.6 is 24.8 Å². The molecule has 0 spiro atoms. The molecule has 0 bridgehead atoms. The Morgan fingerprint density at radius 3 is 2.61 bits per heavy atom. The molecule has 1 fully saturated rings. The molecule has 1 aliphatic rings. The average Bonchev–Trinajstić information content (AvgIpc) is 3.11. The Hall–Kier alpha value is -2.22. The Bertz CT molecular complexity index is 928. The van der Waals surface area contributed by atoms with Crippen molar-refractivity contribution in [3.05, 3.63) is 54.5 Å². The van der Waals surface area contributed by atoms with E-state index in [0.29, 0.717) is 42.7 Å². The highest BCUT2D eigenvalue weighted by atomic mass is 35.5. The van der Waals surface area contributed by atoms with Crippen LogP contribution in [0.2, 0.25) is 0 Å². The predicted molar refractivity (Wildman–Crippen MR) is 112 cm³/mol. The van der Waals surface area contributed by atoms with Crippen molar-refractivity contribution in [2.75, 3.05) is 19.6 Å². The second-order valence-electron chi connectivity index (χ2n) is 6.60. The van der Waals surface area contributed by atoms with E-state index in [1.165, 1.54) is 6.20 Å². The summed E-state index contributed by atoms with van der Waals surface area (Å²) in [5.41, 5.74) is 1.29. The fourth-order valence-electron chi connectivity index (χ4n) is 3.20. The molecule has 2 N–H and O–H groups in total. The number of carbonyl (C=O) groups is 1. The second kappa shape index (κ2) is 9.32. The molecule has 6 nitrogen and oxygen atoms in total. The lowest BCUT2D eigenvalue weighted by Crippen LogP contribution is -2.46. The third kappa shape index (κ3) is 4.60. The van der Waals surface area contributed by atoms with Crippen LogP contribution in [0.1, 0.15) is 23.2 Å². The van der Waals surface area contributed by atoms with Crippen molar-refractivity contribution >= 4 is 41.9 Å². The van der Waals surface area contributed by atoms with Crippen molar-refractivity contribution in [3.63, 3.8) is 0 Å². The zero-order chi connectivity index (χ0) is 18.0. The van der Waals surface area contributed by atoms with Crippen molar-refractivity contribution in [2.45, 2.75) is 18.5 Å². The molecule has 0 aliphatic carbocycles. The predicted octanol–water partition coefficient (Wildman–Crippen LogP) is 3.09. The number of rotatable bonds is 4. The van der Waals surface area contributed by atoms with Crippen molar-refractivity contribution < 1.29 is 9.18 Å². The standard InChI is InChI=1S/C19H20FN5O.2ClH/c20-19(6-8-21-9-7-19)12-23-18(26)14-10-16-17(22-11-14)25(13-24-16)15-4-2-1-3-5-15;;/h1-5,10-11,13,21H,6-9,12H2,(H,23,26);2*1H. The van der Waals surface area contributed by atoms with Gasteiger partial charge < -0.3 is 10.6 Å². The molecule has 2 aromatic heterocycles. The monoisotopic (exact) mass is 425 g/mol. The highest BCUT2D eigenvalue weighted by Gasteiger charge is 2.32. The van der Waals surface area contributed by atoms with E-state index >= 15 is 0 Å². The fraction of sp³-hybridized carbons (Fsp3) is 0.316. The molecule has 3 heterocycles. The summed E-state index contributed by atoms with van der Waals surface area (Å²) in [6.07, 6.45) is 4.00. The number of carbonyl (C=O) groups excluding carboxylic acids is 1. The summed E-state index contributed by atoms with van der Waals surface area (Å²) in [6, 6.07) is 11.4. The summed E-state index contributed by atoms with van der Waals surface area (Å²) >= 11 is 0. The van der Waals surface area contributed by atoms with E-state index in [0.717, 1.165) is 5.69 Å². The van der Waals surface area contributed by atoms with Gasteiger partial charge in [0.2, 0.25) is 0 Å². The Morgan fingerprint density at radius 2 is 1.89 bits per heavy atom. The van der Waals surface area contributed by atoms with Gasteiger partial charge in [0.1, 0.15) is 17.5 Å². The molecule has 4 rings (SSSR count). The zero-order valence-corrected chi connectivity index (χ0v) is 16.7. The number of nitrogens with one attached hydrogen (secondary N) is 2. The maximum Gasteiger partial charge on any atom is 0.253 e. The number of hydrogen-bond donors (Lipinski definition) is 2. The van der Waals surface area contributed by atoms with Crippen molar-refractivity contribution in [3.8, 4) is 5.69 Å². The van der Waals surface area contributed by atoms with Gasteiger partial charge in [0.05, 0.1) is 12.1 Å². The molecule has 9 heteroatoms. The van der Waals surface area contributed by atoms with E-state index < -0.39 is 5.67 Å². The number of pyridine rings is 1. The minimum atomic E-state index is -1.34.